The van der Waals surface area contributed by atoms with Crippen molar-refractivity contribution in [1.82, 2.24) is 0 Å². The minimum Gasteiger partial charge on any atom is -0.494 e. The second-order valence-electron chi connectivity index (χ2n) is 8.41. The highest BCUT2D eigenvalue weighted by atomic mass is 79.9. The molecular weight excluding hydrogens is 376 g/mol. The number of hydrogen-bond acceptors (Lipinski definition) is 2. The van der Waals surface area contributed by atoms with Crippen LogP contribution in [0.15, 0.2) is 40.9 Å². The second kappa shape index (κ2) is 7.84. The van der Waals surface area contributed by atoms with Gasteiger partial charge in [-0.1, -0.05) is 41.9 Å². The number of hydrogen-bond donors (Lipinski definition) is 1. The van der Waals surface area contributed by atoms with Crippen LogP contribution in [0.1, 0.15) is 46.0 Å². The largest absolute Gasteiger partial charge is 0.494 e. The molecule has 2 aliphatic carbocycles. The van der Waals surface area contributed by atoms with Crippen molar-refractivity contribution in [2.75, 3.05) is 13.2 Å². The summed E-state index contributed by atoms with van der Waals surface area (Å²) in [4.78, 5) is 0. The van der Waals surface area contributed by atoms with E-state index in [-0.39, 0.29) is 5.41 Å². The van der Waals surface area contributed by atoms with Crippen LogP contribution in [0.3, 0.4) is 0 Å². The van der Waals surface area contributed by atoms with Crippen molar-refractivity contribution in [3.63, 3.8) is 0 Å². The molecule has 0 bridgehead atoms. The first-order valence-corrected chi connectivity index (χ1v) is 10.4. The van der Waals surface area contributed by atoms with Gasteiger partial charge in [0.25, 0.3) is 0 Å². The maximum absolute atomic E-state index is 10.0. The van der Waals surface area contributed by atoms with Gasteiger partial charge in [-0.3, -0.25) is 0 Å². The topological polar surface area (TPSA) is 29.5 Å². The Morgan fingerprint density at radius 3 is 2.68 bits per heavy atom. The monoisotopic (exact) mass is 406 g/mol. The van der Waals surface area contributed by atoms with Crippen molar-refractivity contribution in [2.45, 2.75) is 46.0 Å². The Labute approximate surface area is 160 Å². The van der Waals surface area contributed by atoms with Gasteiger partial charge in [0.15, 0.2) is 0 Å². The predicted octanol–water partition coefficient (Wildman–Crippen LogP) is 5.85. The van der Waals surface area contributed by atoms with Crippen LogP contribution >= 0.6 is 15.9 Å². The average molecular weight is 407 g/mol. The van der Waals surface area contributed by atoms with Crippen LogP contribution in [-0.2, 0) is 0 Å². The summed E-state index contributed by atoms with van der Waals surface area (Å²) in [6, 6.07) is 8.05. The van der Waals surface area contributed by atoms with E-state index in [0.29, 0.717) is 30.3 Å². The second-order valence-corrected chi connectivity index (χ2v) is 9.32. The van der Waals surface area contributed by atoms with Crippen LogP contribution in [0.25, 0.3) is 0 Å². The van der Waals surface area contributed by atoms with Crippen LogP contribution in [0.4, 0.5) is 0 Å². The van der Waals surface area contributed by atoms with Gasteiger partial charge in [0.1, 0.15) is 5.75 Å². The molecule has 1 aromatic rings. The van der Waals surface area contributed by atoms with E-state index in [1.54, 1.807) is 0 Å². The maximum Gasteiger partial charge on any atom is 0.119 e. The molecule has 0 aliphatic heterocycles. The number of benzene rings is 1. The molecule has 3 heteroatoms. The predicted molar refractivity (Wildman–Crippen MR) is 107 cm³/mol. The van der Waals surface area contributed by atoms with Crippen molar-refractivity contribution < 1.29 is 9.84 Å². The third kappa shape index (κ3) is 3.98. The smallest absolute Gasteiger partial charge is 0.119 e. The molecule has 3 rings (SSSR count). The average Bonchev–Trinajstić information content (AvgIpc) is 2.61. The van der Waals surface area contributed by atoms with Gasteiger partial charge in [-0.25, -0.2) is 0 Å². The van der Waals surface area contributed by atoms with Crippen LogP contribution in [0, 0.1) is 29.1 Å². The minimum atomic E-state index is 0.0860. The van der Waals surface area contributed by atoms with E-state index < -0.39 is 0 Å². The Bertz CT molecular complexity index is 597. The molecule has 1 N–H and O–H groups in total. The summed E-state index contributed by atoms with van der Waals surface area (Å²) >= 11 is 3.46. The fourth-order valence-corrected chi connectivity index (χ4v) is 5.50. The molecule has 2 unspecified atom stereocenters. The fourth-order valence-electron chi connectivity index (χ4n) is 5.24. The molecule has 138 valence electrons. The van der Waals surface area contributed by atoms with E-state index in [2.05, 4.69) is 36.4 Å². The molecule has 0 heterocycles. The Morgan fingerprint density at radius 2 is 2.00 bits per heavy atom. The van der Waals surface area contributed by atoms with Gasteiger partial charge in [-0.2, -0.15) is 0 Å². The Morgan fingerprint density at radius 1 is 1.28 bits per heavy atom. The number of ether oxygens (including phenoxy) is 1. The lowest BCUT2D eigenvalue weighted by Gasteiger charge is -2.54. The molecule has 2 saturated carbocycles. The van der Waals surface area contributed by atoms with E-state index >= 15 is 0 Å². The molecule has 2 fully saturated rings. The quantitative estimate of drug-likeness (QED) is 0.621. The molecule has 2 nitrogen and oxygen atoms in total. The molecule has 5 atom stereocenters. The molecule has 25 heavy (non-hydrogen) atoms. The number of aliphatic hydroxyl groups excluding tert-OH is 1. The number of fused-ring (bicyclic) bond motifs is 1. The van der Waals surface area contributed by atoms with Gasteiger partial charge in [0.05, 0.1) is 6.61 Å². The third-order valence-electron chi connectivity index (χ3n) is 6.83. The zero-order valence-electron chi connectivity index (χ0n) is 15.5. The summed E-state index contributed by atoms with van der Waals surface area (Å²) in [5.74, 6) is 3.41. The van der Waals surface area contributed by atoms with Crippen LogP contribution < -0.4 is 4.74 Å². The van der Waals surface area contributed by atoms with E-state index in [1.165, 1.54) is 18.4 Å². The molecule has 0 spiro atoms. The van der Waals surface area contributed by atoms with Crippen LogP contribution in [0.2, 0.25) is 0 Å². The van der Waals surface area contributed by atoms with Gasteiger partial charge in [0.2, 0.25) is 0 Å². The molecule has 0 saturated heterocycles. The molecule has 0 amide bonds. The minimum absolute atomic E-state index is 0.0860. The van der Waals surface area contributed by atoms with Crippen molar-refractivity contribution in [1.29, 1.82) is 0 Å². The van der Waals surface area contributed by atoms with E-state index in [1.807, 2.05) is 24.3 Å². The standard InChI is InChI=1S/C22H31BrO2/c1-15-4-9-20-21(16(2)10-12-22(20,3)14-24)19(15)11-13-25-18-7-5-17(23)6-8-18/h5-8,16,19-21,24H,1,4,9-14H2,2-3H3/t16?,19-,20?,21-,22-/m0/s1. The zero-order chi connectivity index (χ0) is 18.0. The van der Waals surface area contributed by atoms with Gasteiger partial charge in [0, 0.05) is 11.1 Å². The number of halogens is 1. The van der Waals surface area contributed by atoms with Crippen LogP contribution in [0.5, 0.6) is 5.75 Å². The molecular formula is C22H31BrO2. The van der Waals surface area contributed by atoms with E-state index in [0.717, 1.165) is 36.1 Å². The van der Waals surface area contributed by atoms with Crippen molar-refractivity contribution in [2.24, 2.45) is 29.1 Å². The summed E-state index contributed by atoms with van der Waals surface area (Å²) < 4.78 is 7.07. The summed E-state index contributed by atoms with van der Waals surface area (Å²) in [7, 11) is 0. The highest BCUT2D eigenvalue weighted by Crippen LogP contribution is 2.56. The lowest BCUT2D eigenvalue weighted by Crippen LogP contribution is -2.48. The fraction of sp³-hybridized carbons (Fsp3) is 0.636. The highest BCUT2D eigenvalue weighted by molar-refractivity contribution is 9.10. The van der Waals surface area contributed by atoms with E-state index in [4.69, 9.17) is 4.74 Å². The lowest BCUT2D eigenvalue weighted by atomic mass is 9.51. The maximum atomic E-state index is 10.0. The first-order chi connectivity index (χ1) is 11.9. The zero-order valence-corrected chi connectivity index (χ0v) is 17.1. The molecule has 0 aromatic heterocycles. The molecule has 2 aliphatic rings. The summed E-state index contributed by atoms with van der Waals surface area (Å²) in [6.07, 6.45) is 5.69. The first-order valence-electron chi connectivity index (χ1n) is 9.61. The number of allylic oxidation sites excluding steroid dienone is 1. The van der Waals surface area contributed by atoms with Crippen molar-refractivity contribution in [3.05, 3.63) is 40.9 Å². The van der Waals surface area contributed by atoms with Crippen LogP contribution in [-0.4, -0.2) is 18.3 Å². The van der Waals surface area contributed by atoms with Gasteiger partial charge in [-0.05, 0) is 85.5 Å². The van der Waals surface area contributed by atoms with Gasteiger partial charge < -0.3 is 9.84 Å². The lowest BCUT2D eigenvalue weighted by molar-refractivity contribution is -0.0557. The SMILES string of the molecule is C=C1CCC2[C@@H](C(C)CC[C@@]2(C)CO)[C@H]1CCOc1ccc(Br)cc1. The third-order valence-corrected chi connectivity index (χ3v) is 7.35. The van der Waals surface area contributed by atoms with Gasteiger partial charge in [-0.15, -0.1) is 0 Å². The van der Waals surface area contributed by atoms with Gasteiger partial charge >= 0.3 is 0 Å². The summed E-state index contributed by atoms with van der Waals surface area (Å²) in [5, 5.41) is 10.0. The summed E-state index contributed by atoms with van der Waals surface area (Å²) in [5.41, 5.74) is 1.48. The van der Waals surface area contributed by atoms with E-state index in [9.17, 15) is 5.11 Å². The number of rotatable bonds is 5. The Balaban J connectivity index is 1.68. The van der Waals surface area contributed by atoms with Crippen molar-refractivity contribution >= 4 is 15.9 Å². The molecule has 1 aromatic carbocycles. The van der Waals surface area contributed by atoms with Crippen molar-refractivity contribution in [3.8, 4) is 5.75 Å². The highest BCUT2D eigenvalue weighted by Gasteiger charge is 2.49. The Kier molecular flexibility index (Phi) is 5.95. The summed E-state index contributed by atoms with van der Waals surface area (Å²) in [6.45, 7) is 10.1. The first kappa shape index (κ1) is 19.0. The molecule has 0 radical (unpaired) electrons. The number of aliphatic hydroxyl groups is 1. The normalized spacial score (nSPS) is 35.3. The Hall–Kier alpha value is -0.800.